The second kappa shape index (κ2) is 9.04. The molecule has 1 amide bonds. The van der Waals surface area contributed by atoms with Gasteiger partial charge in [0.25, 0.3) is 0 Å². The normalized spacial score (nSPS) is 11.8. The van der Waals surface area contributed by atoms with Crippen molar-refractivity contribution < 1.29 is 19.4 Å². The fourth-order valence-corrected chi connectivity index (χ4v) is 3.22. The molecule has 0 spiro atoms. The van der Waals surface area contributed by atoms with E-state index in [4.69, 9.17) is 4.74 Å². The molecule has 0 saturated heterocycles. The van der Waals surface area contributed by atoms with Gasteiger partial charge < -0.3 is 15.2 Å². The Morgan fingerprint density at radius 3 is 2.43 bits per heavy atom. The number of anilines is 1. The summed E-state index contributed by atoms with van der Waals surface area (Å²) >= 11 is 0. The number of hydrogen-bond acceptors (Lipinski definition) is 3. The molecule has 0 aromatic heterocycles. The molecule has 0 bridgehead atoms. The van der Waals surface area contributed by atoms with Crippen molar-refractivity contribution in [3.8, 4) is 5.75 Å². The Kier molecular flexibility index (Phi) is 6.27. The van der Waals surface area contributed by atoms with Gasteiger partial charge in [-0.2, -0.15) is 0 Å². The van der Waals surface area contributed by atoms with Gasteiger partial charge in [-0.3, -0.25) is 9.59 Å². The molecular formula is C23H23NO4. The first-order valence-corrected chi connectivity index (χ1v) is 9.29. The maximum Gasteiger partial charge on any atom is 0.307 e. The van der Waals surface area contributed by atoms with E-state index in [1.54, 1.807) is 24.3 Å². The number of amides is 1. The predicted octanol–water partition coefficient (Wildman–Crippen LogP) is 4.51. The van der Waals surface area contributed by atoms with Crippen LogP contribution in [0.5, 0.6) is 5.75 Å². The lowest BCUT2D eigenvalue weighted by atomic mass is 9.92. The van der Waals surface area contributed by atoms with E-state index in [9.17, 15) is 14.7 Å². The number of aliphatic carboxylic acids is 1. The van der Waals surface area contributed by atoms with E-state index < -0.39 is 11.9 Å². The zero-order valence-electron chi connectivity index (χ0n) is 15.7. The Balaban J connectivity index is 1.68. The minimum Gasteiger partial charge on any atom is -0.494 e. The van der Waals surface area contributed by atoms with Gasteiger partial charge in [0, 0.05) is 12.1 Å². The second-order valence-electron chi connectivity index (χ2n) is 6.59. The van der Waals surface area contributed by atoms with Crippen LogP contribution in [0.2, 0.25) is 0 Å². The van der Waals surface area contributed by atoms with Gasteiger partial charge in [-0.1, -0.05) is 42.5 Å². The number of carboxylic acids is 1. The van der Waals surface area contributed by atoms with Crippen LogP contribution >= 0.6 is 0 Å². The molecule has 0 aliphatic rings. The van der Waals surface area contributed by atoms with Crippen LogP contribution in [0.3, 0.4) is 0 Å². The summed E-state index contributed by atoms with van der Waals surface area (Å²) in [6, 6.07) is 20.7. The number of rotatable bonds is 8. The average Bonchev–Trinajstić information content (AvgIpc) is 2.69. The zero-order chi connectivity index (χ0) is 19.9. The SMILES string of the molecule is CCOc1ccc(NC(=O)CC(Cc2cccc3ccccc23)C(=O)O)cc1. The molecule has 5 nitrogen and oxygen atoms in total. The molecular weight excluding hydrogens is 354 g/mol. The van der Waals surface area contributed by atoms with Crippen LogP contribution in [0.15, 0.2) is 66.7 Å². The number of carbonyl (C=O) groups excluding carboxylic acids is 1. The molecule has 3 rings (SSSR count). The Labute approximate surface area is 164 Å². The number of nitrogens with one attached hydrogen (secondary N) is 1. The highest BCUT2D eigenvalue weighted by atomic mass is 16.5. The van der Waals surface area contributed by atoms with Crippen LogP contribution in [-0.2, 0) is 16.0 Å². The first-order chi connectivity index (χ1) is 13.6. The van der Waals surface area contributed by atoms with Crippen molar-refractivity contribution in [2.75, 3.05) is 11.9 Å². The van der Waals surface area contributed by atoms with Crippen molar-refractivity contribution in [3.63, 3.8) is 0 Å². The number of benzene rings is 3. The maximum atomic E-state index is 12.4. The summed E-state index contributed by atoms with van der Waals surface area (Å²) < 4.78 is 5.37. The standard InChI is InChI=1S/C23H23NO4/c1-2-28-20-12-10-19(11-13-20)24-22(25)15-18(23(26)27)14-17-8-5-7-16-6-3-4-9-21(16)17/h3-13,18H,2,14-15H2,1H3,(H,24,25)(H,26,27). The Bertz CT molecular complexity index is 961. The summed E-state index contributed by atoms with van der Waals surface area (Å²) in [5, 5.41) is 14.5. The lowest BCUT2D eigenvalue weighted by Crippen LogP contribution is -2.24. The first-order valence-electron chi connectivity index (χ1n) is 9.29. The summed E-state index contributed by atoms with van der Waals surface area (Å²) in [5.41, 5.74) is 1.54. The monoisotopic (exact) mass is 377 g/mol. The van der Waals surface area contributed by atoms with Gasteiger partial charge >= 0.3 is 5.97 Å². The molecule has 0 radical (unpaired) electrons. The number of ether oxygens (including phenoxy) is 1. The highest BCUT2D eigenvalue weighted by molar-refractivity contribution is 5.93. The summed E-state index contributed by atoms with van der Waals surface area (Å²) in [4.78, 5) is 24.1. The van der Waals surface area contributed by atoms with Gasteiger partial charge in [0.2, 0.25) is 5.91 Å². The molecule has 5 heteroatoms. The summed E-state index contributed by atoms with van der Waals surface area (Å²) in [6.45, 7) is 2.47. The van der Waals surface area contributed by atoms with E-state index >= 15 is 0 Å². The van der Waals surface area contributed by atoms with Crippen molar-refractivity contribution in [2.24, 2.45) is 5.92 Å². The molecule has 0 heterocycles. The second-order valence-corrected chi connectivity index (χ2v) is 6.59. The molecule has 3 aromatic carbocycles. The molecule has 144 valence electrons. The number of fused-ring (bicyclic) bond motifs is 1. The van der Waals surface area contributed by atoms with E-state index in [-0.39, 0.29) is 12.3 Å². The van der Waals surface area contributed by atoms with Crippen LogP contribution in [0.1, 0.15) is 18.9 Å². The molecule has 1 atom stereocenters. The fraction of sp³-hybridized carbons (Fsp3) is 0.217. The summed E-state index contributed by atoms with van der Waals surface area (Å²) in [6.07, 6.45) is 0.207. The molecule has 28 heavy (non-hydrogen) atoms. The smallest absolute Gasteiger partial charge is 0.307 e. The topological polar surface area (TPSA) is 75.6 Å². The van der Waals surface area contributed by atoms with Gasteiger partial charge in [0.05, 0.1) is 12.5 Å². The van der Waals surface area contributed by atoms with Crippen LogP contribution < -0.4 is 10.1 Å². The minimum absolute atomic E-state index is 0.0915. The highest BCUT2D eigenvalue weighted by Crippen LogP contribution is 2.23. The van der Waals surface area contributed by atoms with Crippen LogP contribution in [-0.4, -0.2) is 23.6 Å². The van der Waals surface area contributed by atoms with E-state index in [0.717, 1.165) is 22.1 Å². The summed E-state index contributed by atoms with van der Waals surface area (Å²) in [7, 11) is 0. The average molecular weight is 377 g/mol. The van der Waals surface area contributed by atoms with Gasteiger partial charge in [-0.15, -0.1) is 0 Å². The molecule has 1 unspecified atom stereocenters. The zero-order valence-corrected chi connectivity index (χ0v) is 15.7. The van der Waals surface area contributed by atoms with Crippen molar-refractivity contribution in [2.45, 2.75) is 19.8 Å². The predicted molar refractivity (Wildman–Crippen MR) is 110 cm³/mol. The van der Waals surface area contributed by atoms with E-state index in [2.05, 4.69) is 5.32 Å². The lowest BCUT2D eigenvalue weighted by molar-refractivity contribution is -0.143. The third-order valence-electron chi connectivity index (χ3n) is 4.58. The van der Waals surface area contributed by atoms with Gasteiger partial charge in [-0.05, 0) is 53.9 Å². The quantitative estimate of drug-likeness (QED) is 0.606. The van der Waals surface area contributed by atoms with Gasteiger partial charge in [0.15, 0.2) is 0 Å². The molecule has 0 saturated carbocycles. The number of carboxylic acid groups (broad SMARTS) is 1. The first kappa shape index (κ1) is 19.4. The summed E-state index contributed by atoms with van der Waals surface area (Å²) in [5.74, 6) is -1.38. The number of carbonyl (C=O) groups is 2. The fourth-order valence-electron chi connectivity index (χ4n) is 3.22. The Hall–Kier alpha value is -3.34. The highest BCUT2D eigenvalue weighted by Gasteiger charge is 2.22. The van der Waals surface area contributed by atoms with Crippen LogP contribution in [0.25, 0.3) is 10.8 Å². The van der Waals surface area contributed by atoms with Gasteiger partial charge in [-0.25, -0.2) is 0 Å². The maximum absolute atomic E-state index is 12.4. The van der Waals surface area contributed by atoms with Crippen LogP contribution in [0, 0.1) is 5.92 Å². The Morgan fingerprint density at radius 1 is 1.00 bits per heavy atom. The largest absolute Gasteiger partial charge is 0.494 e. The van der Waals surface area contributed by atoms with Crippen molar-refractivity contribution in [1.29, 1.82) is 0 Å². The minimum atomic E-state index is -0.977. The van der Waals surface area contributed by atoms with E-state index in [1.807, 2.05) is 49.4 Å². The van der Waals surface area contributed by atoms with Gasteiger partial charge in [0.1, 0.15) is 5.75 Å². The van der Waals surface area contributed by atoms with Crippen molar-refractivity contribution >= 4 is 28.3 Å². The van der Waals surface area contributed by atoms with E-state index in [1.165, 1.54) is 0 Å². The van der Waals surface area contributed by atoms with E-state index in [0.29, 0.717) is 18.7 Å². The number of hydrogen-bond donors (Lipinski definition) is 2. The molecule has 0 fully saturated rings. The molecule has 2 N–H and O–H groups in total. The molecule has 3 aromatic rings. The third-order valence-corrected chi connectivity index (χ3v) is 4.58. The lowest BCUT2D eigenvalue weighted by Gasteiger charge is -2.14. The van der Waals surface area contributed by atoms with Crippen LogP contribution in [0.4, 0.5) is 5.69 Å². The molecule has 0 aliphatic heterocycles. The Morgan fingerprint density at radius 2 is 1.71 bits per heavy atom. The van der Waals surface area contributed by atoms with Crippen molar-refractivity contribution in [3.05, 3.63) is 72.3 Å². The third kappa shape index (κ3) is 4.88. The molecule has 0 aliphatic carbocycles. The van der Waals surface area contributed by atoms with Crippen molar-refractivity contribution in [1.82, 2.24) is 0 Å².